The standard InChI is InChI=1S/C15H24BrN5/c1-6-11-15(16)14(21(5)19-11)9-12(17-7-2)13-8-10(3)18-20(13)4/h8,12,17H,6-7,9H2,1-5H3. The smallest absolute Gasteiger partial charge is 0.0766 e. The van der Waals surface area contributed by atoms with E-state index in [-0.39, 0.29) is 6.04 Å². The number of hydrogen-bond donors (Lipinski definition) is 1. The summed E-state index contributed by atoms with van der Waals surface area (Å²) in [5, 5.41) is 12.6. The molecule has 21 heavy (non-hydrogen) atoms. The van der Waals surface area contributed by atoms with Gasteiger partial charge in [0.1, 0.15) is 0 Å². The molecule has 1 N–H and O–H groups in total. The Hall–Kier alpha value is -1.14. The van der Waals surface area contributed by atoms with Crippen LogP contribution in [0.15, 0.2) is 10.5 Å². The van der Waals surface area contributed by atoms with Gasteiger partial charge in [-0.05, 0) is 41.9 Å². The van der Waals surface area contributed by atoms with Crippen LogP contribution in [0.2, 0.25) is 0 Å². The van der Waals surface area contributed by atoms with E-state index >= 15 is 0 Å². The minimum atomic E-state index is 0.234. The fourth-order valence-electron chi connectivity index (χ4n) is 2.72. The largest absolute Gasteiger partial charge is 0.309 e. The fraction of sp³-hybridized carbons (Fsp3) is 0.600. The summed E-state index contributed by atoms with van der Waals surface area (Å²) in [5.74, 6) is 0. The van der Waals surface area contributed by atoms with Crippen LogP contribution in [0.4, 0.5) is 0 Å². The minimum absolute atomic E-state index is 0.234. The molecule has 2 aromatic rings. The van der Waals surface area contributed by atoms with Crippen LogP contribution in [-0.4, -0.2) is 26.1 Å². The third-order valence-electron chi connectivity index (χ3n) is 3.75. The molecule has 0 aliphatic carbocycles. The monoisotopic (exact) mass is 353 g/mol. The summed E-state index contributed by atoms with van der Waals surface area (Å²) in [4.78, 5) is 0. The number of nitrogens with zero attached hydrogens (tertiary/aromatic N) is 4. The molecule has 0 aromatic carbocycles. The molecule has 2 heterocycles. The van der Waals surface area contributed by atoms with Crippen LogP contribution in [-0.2, 0) is 26.9 Å². The minimum Gasteiger partial charge on any atom is -0.309 e. The van der Waals surface area contributed by atoms with Gasteiger partial charge in [0.25, 0.3) is 0 Å². The zero-order valence-electron chi connectivity index (χ0n) is 13.4. The maximum atomic E-state index is 4.58. The average molecular weight is 354 g/mol. The summed E-state index contributed by atoms with van der Waals surface area (Å²) in [5.41, 5.74) is 4.59. The van der Waals surface area contributed by atoms with E-state index in [4.69, 9.17) is 0 Å². The van der Waals surface area contributed by atoms with Gasteiger partial charge in [0.05, 0.1) is 33.3 Å². The van der Waals surface area contributed by atoms with E-state index in [1.807, 2.05) is 30.4 Å². The molecule has 0 saturated heterocycles. The molecular formula is C15H24BrN5. The Morgan fingerprint density at radius 3 is 2.43 bits per heavy atom. The van der Waals surface area contributed by atoms with Crippen molar-refractivity contribution >= 4 is 15.9 Å². The molecule has 6 heteroatoms. The summed E-state index contributed by atoms with van der Waals surface area (Å²) in [6.45, 7) is 7.21. The second-order valence-corrected chi connectivity index (χ2v) is 6.13. The van der Waals surface area contributed by atoms with Crippen LogP contribution in [0.25, 0.3) is 0 Å². The molecule has 116 valence electrons. The van der Waals surface area contributed by atoms with Crippen molar-refractivity contribution in [2.45, 2.75) is 39.7 Å². The number of nitrogens with one attached hydrogen (secondary N) is 1. The van der Waals surface area contributed by atoms with Crippen molar-refractivity contribution in [3.05, 3.63) is 33.3 Å². The Bertz CT molecular complexity index is 614. The van der Waals surface area contributed by atoms with E-state index in [0.29, 0.717) is 0 Å². The summed E-state index contributed by atoms with van der Waals surface area (Å²) < 4.78 is 5.08. The molecular weight excluding hydrogens is 330 g/mol. The predicted octanol–water partition coefficient (Wildman–Crippen LogP) is 2.68. The van der Waals surface area contributed by atoms with Crippen molar-refractivity contribution < 1.29 is 0 Å². The maximum Gasteiger partial charge on any atom is 0.0766 e. The molecule has 0 fully saturated rings. The SMILES string of the molecule is CCNC(Cc1c(Br)c(CC)nn1C)c1cc(C)nn1C. The van der Waals surface area contributed by atoms with Gasteiger partial charge in [-0.1, -0.05) is 13.8 Å². The summed E-state index contributed by atoms with van der Waals surface area (Å²) in [6, 6.07) is 2.39. The predicted molar refractivity (Wildman–Crippen MR) is 88.4 cm³/mol. The number of rotatable bonds is 6. The van der Waals surface area contributed by atoms with Gasteiger partial charge in [-0.2, -0.15) is 10.2 Å². The van der Waals surface area contributed by atoms with Crippen LogP contribution < -0.4 is 5.32 Å². The van der Waals surface area contributed by atoms with Crippen LogP contribution in [0, 0.1) is 6.92 Å². The van der Waals surface area contributed by atoms with Crippen LogP contribution in [0.5, 0.6) is 0 Å². The van der Waals surface area contributed by atoms with Crippen molar-refractivity contribution in [1.82, 2.24) is 24.9 Å². The van der Waals surface area contributed by atoms with Crippen molar-refractivity contribution in [2.24, 2.45) is 14.1 Å². The molecule has 1 atom stereocenters. The quantitative estimate of drug-likeness (QED) is 0.868. The maximum absolute atomic E-state index is 4.58. The highest BCUT2D eigenvalue weighted by Crippen LogP contribution is 2.27. The molecule has 5 nitrogen and oxygen atoms in total. The van der Waals surface area contributed by atoms with Crippen LogP contribution in [0.1, 0.15) is 42.7 Å². The molecule has 2 rings (SSSR count). The van der Waals surface area contributed by atoms with Gasteiger partial charge in [-0.3, -0.25) is 9.36 Å². The Labute approximate surface area is 134 Å². The van der Waals surface area contributed by atoms with Crippen molar-refractivity contribution in [1.29, 1.82) is 0 Å². The molecule has 1 unspecified atom stereocenters. The van der Waals surface area contributed by atoms with Gasteiger partial charge >= 0.3 is 0 Å². The highest BCUT2D eigenvalue weighted by atomic mass is 79.9. The number of aromatic nitrogens is 4. The van der Waals surface area contributed by atoms with Crippen molar-refractivity contribution in [3.8, 4) is 0 Å². The number of hydrogen-bond acceptors (Lipinski definition) is 3. The van der Waals surface area contributed by atoms with Gasteiger partial charge < -0.3 is 5.32 Å². The third-order valence-corrected chi connectivity index (χ3v) is 4.66. The third kappa shape index (κ3) is 3.37. The molecule has 0 aliphatic heterocycles. The lowest BCUT2D eigenvalue weighted by Gasteiger charge is -2.18. The Kier molecular flexibility index (Phi) is 5.22. The lowest BCUT2D eigenvalue weighted by atomic mass is 10.1. The van der Waals surface area contributed by atoms with E-state index in [0.717, 1.165) is 35.2 Å². The first-order valence-corrected chi connectivity index (χ1v) is 8.21. The molecule has 0 aliphatic rings. The highest BCUT2D eigenvalue weighted by Gasteiger charge is 2.21. The van der Waals surface area contributed by atoms with Gasteiger partial charge in [0, 0.05) is 20.5 Å². The topological polar surface area (TPSA) is 47.7 Å². The van der Waals surface area contributed by atoms with Crippen LogP contribution >= 0.6 is 15.9 Å². The van der Waals surface area contributed by atoms with E-state index in [2.05, 4.69) is 51.4 Å². The number of likely N-dealkylation sites (N-methyl/N-ethyl adjacent to an activating group) is 1. The summed E-state index contributed by atoms with van der Waals surface area (Å²) in [6.07, 6.45) is 1.82. The zero-order chi connectivity index (χ0) is 15.6. The zero-order valence-corrected chi connectivity index (χ0v) is 15.0. The van der Waals surface area contributed by atoms with E-state index in [9.17, 15) is 0 Å². The van der Waals surface area contributed by atoms with E-state index < -0.39 is 0 Å². The first kappa shape index (κ1) is 16.2. The fourth-order valence-corrected chi connectivity index (χ4v) is 3.50. The van der Waals surface area contributed by atoms with Gasteiger partial charge in [0.15, 0.2) is 0 Å². The lowest BCUT2D eigenvalue weighted by molar-refractivity contribution is 0.492. The van der Waals surface area contributed by atoms with Crippen LogP contribution in [0.3, 0.4) is 0 Å². The molecule has 0 bridgehead atoms. The second-order valence-electron chi connectivity index (χ2n) is 5.33. The average Bonchev–Trinajstić information content (AvgIpc) is 2.90. The molecule has 0 spiro atoms. The van der Waals surface area contributed by atoms with E-state index in [1.165, 1.54) is 11.4 Å². The van der Waals surface area contributed by atoms with Gasteiger partial charge in [-0.15, -0.1) is 0 Å². The summed E-state index contributed by atoms with van der Waals surface area (Å²) in [7, 11) is 4.01. The first-order chi connectivity index (χ1) is 9.97. The Balaban J connectivity index is 2.33. The van der Waals surface area contributed by atoms with Crippen molar-refractivity contribution in [3.63, 3.8) is 0 Å². The van der Waals surface area contributed by atoms with Gasteiger partial charge in [0.2, 0.25) is 0 Å². The molecule has 0 radical (unpaired) electrons. The normalized spacial score (nSPS) is 12.9. The first-order valence-electron chi connectivity index (χ1n) is 7.42. The molecule has 0 saturated carbocycles. The highest BCUT2D eigenvalue weighted by molar-refractivity contribution is 9.10. The second kappa shape index (κ2) is 6.75. The Morgan fingerprint density at radius 2 is 1.95 bits per heavy atom. The van der Waals surface area contributed by atoms with Gasteiger partial charge in [-0.25, -0.2) is 0 Å². The molecule has 2 aromatic heterocycles. The lowest BCUT2D eigenvalue weighted by Crippen LogP contribution is -2.26. The summed E-state index contributed by atoms with van der Waals surface area (Å²) >= 11 is 3.70. The van der Waals surface area contributed by atoms with Crippen molar-refractivity contribution in [2.75, 3.05) is 6.54 Å². The number of aryl methyl sites for hydroxylation is 4. The number of halogens is 1. The Morgan fingerprint density at radius 1 is 1.24 bits per heavy atom. The molecule has 0 amide bonds. The van der Waals surface area contributed by atoms with E-state index in [1.54, 1.807) is 0 Å².